The fourth-order valence-electron chi connectivity index (χ4n) is 7.21. The van der Waals surface area contributed by atoms with Crippen molar-refractivity contribution in [2.24, 2.45) is 5.73 Å². The Morgan fingerprint density at radius 3 is 1.18 bits per heavy atom. The van der Waals surface area contributed by atoms with Crippen molar-refractivity contribution in [3.8, 4) is 22.5 Å². The summed E-state index contributed by atoms with van der Waals surface area (Å²) in [6.45, 7) is 19.3. The quantitative estimate of drug-likeness (QED) is 0.00416. The molecule has 0 spiro atoms. The van der Waals surface area contributed by atoms with Crippen molar-refractivity contribution in [3.63, 3.8) is 0 Å². The van der Waals surface area contributed by atoms with Crippen LogP contribution in [0.25, 0.3) is 40.7 Å². The fourth-order valence-corrected chi connectivity index (χ4v) is 7.70. The third kappa shape index (κ3) is 65.0. The van der Waals surface area contributed by atoms with Crippen LogP contribution in [0.2, 0.25) is 15.5 Å². The van der Waals surface area contributed by atoms with Gasteiger partial charge < -0.3 is 84.3 Å². The number of hydrogen-bond acceptors (Lipinski definition) is 27. The maximum absolute atomic E-state index is 11.2. The number of rotatable bonds is 32. The normalized spacial score (nSPS) is 9.36. The molecule has 4 heterocycles. The minimum atomic E-state index is -1.50. The van der Waals surface area contributed by atoms with Gasteiger partial charge in [0.05, 0.1) is 75.2 Å². The third-order valence-corrected chi connectivity index (χ3v) is 12.3. The number of esters is 2. The first-order valence-corrected chi connectivity index (χ1v) is 32.4. The Bertz CT molecular complexity index is 3440. The van der Waals surface area contributed by atoms with Crippen molar-refractivity contribution in [1.82, 2.24) is 61.1 Å². The smallest absolute Gasteiger partial charge is 1.00 e. The number of aromatic nitrogens is 8. The second-order valence-electron chi connectivity index (χ2n) is 19.3. The molecule has 0 bridgehead atoms. The second kappa shape index (κ2) is 80.3. The number of carboxylic acids is 1. The SMILES string of the molecule is C.C.C.C.CCNCCCN.CCNCCCNc1cncc(-c2cccc(/C=C/C(=O)O)c2)n1.CCNCCCNc1cncc(-c2cccc(/C=C/C(=O)OC)c2)n1.CCNCCCNc1cncc(Cl)n1.COC(=O)/C=C/c1cccc(B(O)O)c1.Clc1cncc(Cl)n1.I.O=CO.O=CO[O-].[H-].[HH].[Na+].[Na+]. The number of nitrogens with two attached hydrogens (primary N) is 1. The van der Waals surface area contributed by atoms with Crippen LogP contribution >= 0.6 is 58.8 Å². The minimum Gasteiger partial charge on any atom is -1.00 e. The molecule has 36 heteroatoms. The van der Waals surface area contributed by atoms with Crippen molar-refractivity contribution >= 4 is 138 Å². The number of carbonyl (C=O) groups excluding carboxylic acids is 3. The van der Waals surface area contributed by atoms with Crippen LogP contribution in [0.1, 0.15) is 103 Å². The van der Waals surface area contributed by atoms with E-state index < -0.39 is 19.1 Å². The molecule has 0 aliphatic carbocycles. The van der Waals surface area contributed by atoms with Gasteiger partial charge in [0.15, 0.2) is 0 Å². The number of ether oxygens (including phenoxy) is 2. The average molecular weight is 1690 g/mol. The molecule has 7 aromatic rings. The molecule has 0 atom stereocenters. The van der Waals surface area contributed by atoms with Crippen molar-refractivity contribution in [2.75, 3.05) is 109 Å². The molecule has 0 saturated heterocycles. The van der Waals surface area contributed by atoms with Gasteiger partial charge in [0, 0.05) is 50.4 Å². The Morgan fingerprint density at radius 2 is 0.860 bits per heavy atom. The first-order valence-electron chi connectivity index (χ1n) is 31.3. The summed E-state index contributed by atoms with van der Waals surface area (Å²) in [5, 5.41) is 65.6. The predicted molar refractivity (Wildman–Crippen MR) is 438 cm³/mol. The molecule has 29 nitrogen and oxygen atoms in total. The summed E-state index contributed by atoms with van der Waals surface area (Å²) in [7, 11) is 1.15. The average Bonchev–Trinajstić information content (AvgIpc) is 0.851. The number of nitrogens with zero attached hydrogens (tertiary/aromatic N) is 8. The topological polar surface area (TPSA) is 430 Å². The number of methoxy groups -OCH3 is 2. The van der Waals surface area contributed by atoms with E-state index in [0.29, 0.717) is 26.5 Å². The number of hydrogen-bond donors (Lipinski definition) is 12. The van der Waals surface area contributed by atoms with Gasteiger partial charge in [0.25, 0.3) is 12.9 Å². The fraction of sp³-hybridized carbons (Fsp3) is 0.366. The van der Waals surface area contributed by atoms with Gasteiger partial charge >= 0.3 is 84.1 Å². The van der Waals surface area contributed by atoms with Crippen LogP contribution in [-0.2, 0) is 38.3 Å². The monoisotopic (exact) mass is 1680 g/mol. The summed E-state index contributed by atoms with van der Waals surface area (Å²) in [6, 6.07) is 21.9. The van der Waals surface area contributed by atoms with Crippen LogP contribution in [0, 0.1) is 0 Å². The molecular weight excluding hydrogens is 1570 g/mol. The van der Waals surface area contributed by atoms with E-state index in [1.807, 2.05) is 48.5 Å². The van der Waals surface area contributed by atoms with Gasteiger partial charge in [-0.05, 0) is 137 Å². The zero-order chi connectivity index (χ0) is 74.2. The summed E-state index contributed by atoms with van der Waals surface area (Å²) >= 11 is 16.5. The van der Waals surface area contributed by atoms with Gasteiger partial charge in [-0.2, -0.15) is 0 Å². The van der Waals surface area contributed by atoms with Gasteiger partial charge in [0.2, 0.25) is 0 Å². The van der Waals surface area contributed by atoms with Gasteiger partial charge in [-0.3, -0.25) is 29.5 Å². The number of aliphatic carboxylic acids is 1. The van der Waals surface area contributed by atoms with E-state index in [2.05, 4.69) is 119 Å². The molecule has 0 fully saturated rings. The number of carbonyl (C=O) groups is 5. The molecule has 0 aliphatic rings. The predicted octanol–water partition coefficient (Wildman–Crippen LogP) is 3.88. The van der Waals surface area contributed by atoms with E-state index in [-0.39, 0.29) is 135 Å². The molecule has 0 unspecified atom stereocenters. The Labute approximate surface area is 711 Å². The molecule has 4 aromatic heterocycles. The molecule has 0 aliphatic heterocycles. The molecule has 107 heavy (non-hydrogen) atoms. The standard InChI is InChI=1S/C19H24N4O2.C18H22N4O2.C10H11BO4.C9H15ClN4.C5H14N2.C4H2Cl2N2.CH2O3.CH2O2.4CH4.HI.2Na.H2.H/c1-3-20-10-5-11-22-18-14-21-13-17(23-18)16-7-4-6-15(12-16)8-9-19(24)25-2;1-2-19-9-4-10-21-17-13-20-12-16(22-17)15-6-3-5-14(11-15)7-8-18(23)24;1-15-10(12)6-5-8-3-2-4-9(7-8)11(13)14;1-2-11-4-3-5-13-9-7-12-6-8(10)14-9;1-2-7-5-3-4-6;5-3-1-7-2-4(6)8-3;2-1-4-3;2-1-3;;;;;;;;;/h4,6-9,12-14,20H,3,5,10-11H2,1-2H3,(H,22,23);3,5-8,11-13,19H,2,4,9-10H2,1H3,(H,21,22)(H,23,24);2-7,13-14H,1H3;6-7,11H,2-5H2,1H3,(H,13,14);7H,2-6H2,1H3;1-2H;1,3H;1H,(H,2,3);4*1H4;1H;;;1H;/q;;;;;;;;;;;;;2*+1;;-1/p-1/b9-8+;8-7+;6-5+;;;;;;;;;;;;;;. The summed E-state index contributed by atoms with van der Waals surface area (Å²) in [6.07, 6.45) is 25.7. The Hall–Kier alpha value is -6.71. The second-order valence-corrected chi connectivity index (χ2v) is 20.5. The zero-order valence-corrected chi connectivity index (χ0v) is 67.8. The van der Waals surface area contributed by atoms with Crippen LogP contribution in [0.15, 0.2) is 141 Å². The summed E-state index contributed by atoms with van der Waals surface area (Å²) < 4.78 is 9.03. The number of anilines is 3. The van der Waals surface area contributed by atoms with E-state index in [4.69, 9.17) is 75.6 Å². The van der Waals surface area contributed by atoms with Crippen molar-refractivity contribution in [1.29, 1.82) is 0 Å². The molecule has 13 N–H and O–H groups in total. The van der Waals surface area contributed by atoms with Crippen LogP contribution < -0.4 is 113 Å². The van der Waals surface area contributed by atoms with Crippen LogP contribution in [0.5, 0.6) is 0 Å². The van der Waals surface area contributed by atoms with Gasteiger partial charge in [-0.1, -0.05) is 153 Å². The van der Waals surface area contributed by atoms with Crippen LogP contribution in [0.3, 0.4) is 0 Å². The summed E-state index contributed by atoms with van der Waals surface area (Å²) in [4.78, 5) is 85.2. The molecule has 586 valence electrons. The molecule has 0 radical (unpaired) electrons. The Balaban J connectivity index is -0.000000136. The zero-order valence-electron chi connectivity index (χ0n) is 60.2. The third-order valence-electron chi connectivity index (χ3n) is 11.8. The van der Waals surface area contributed by atoms with Crippen molar-refractivity contribution in [3.05, 3.63) is 173 Å². The van der Waals surface area contributed by atoms with Gasteiger partial charge in [-0.15, -0.1) is 24.0 Å². The maximum Gasteiger partial charge on any atom is 1.00 e. The molecule has 0 amide bonds. The van der Waals surface area contributed by atoms with E-state index in [1.54, 1.807) is 67.4 Å². The number of benzene rings is 3. The van der Waals surface area contributed by atoms with E-state index in [1.165, 1.54) is 51.0 Å². The van der Waals surface area contributed by atoms with E-state index in [0.717, 1.165) is 161 Å². The Kier molecular flexibility index (Phi) is 87.1. The van der Waals surface area contributed by atoms with E-state index >= 15 is 0 Å². The molecule has 7 rings (SSSR count). The largest absolute Gasteiger partial charge is 1.00 e. The summed E-state index contributed by atoms with van der Waals surface area (Å²) in [5.74, 6) is 0.414. The van der Waals surface area contributed by atoms with Crippen molar-refractivity contribution in [2.45, 2.75) is 83.1 Å². The van der Waals surface area contributed by atoms with Crippen molar-refractivity contribution < 1.29 is 126 Å². The first kappa shape index (κ1) is 116. The minimum absolute atomic E-state index is 0. The number of carboxylic acid groups (broad SMARTS) is 2. The molecular formula is C71H111BCl3IN16Na2O13. The Morgan fingerprint density at radius 1 is 0.533 bits per heavy atom. The maximum atomic E-state index is 11.2. The first-order chi connectivity index (χ1) is 48.4. The van der Waals surface area contributed by atoms with Crippen LogP contribution in [0.4, 0.5) is 17.5 Å². The summed E-state index contributed by atoms with van der Waals surface area (Å²) in [5.41, 5.74) is 11.4. The van der Waals surface area contributed by atoms with Crippen LogP contribution in [-0.4, -0.2) is 191 Å². The number of nitrogens with one attached hydrogen (secondary N) is 7. The molecule has 0 saturated carbocycles. The molecule has 3 aromatic carbocycles. The van der Waals surface area contributed by atoms with E-state index in [9.17, 15) is 14.4 Å². The number of halogens is 4. The van der Waals surface area contributed by atoms with Gasteiger partial charge in [0.1, 0.15) is 32.9 Å². The van der Waals surface area contributed by atoms with Gasteiger partial charge in [-0.25, -0.2) is 34.3 Å².